The van der Waals surface area contributed by atoms with Crippen LogP contribution < -0.4 is 16.0 Å². The van der Waals surface area contributed by atoms with Crippen LogP contribution in [0.3, 0.4) is 0 Å². The van der Waals surface area contributed by atoms with Crippen LogP contribution >= 0.6 is 0 Å². The zero-order valence-electron chi connectivity index (χ0n) is 12.4. The number of nitrogens with one attached hydrogen (secondary N) is 3. The average Bonchev–Trinajstić information content (AvgIpc) is 2.25. The summed E-state index contributed by atoms with van der Waals surface area (Å²) in [4.78, 5) is 23.7. The fourth-order valence-electron chi connectivity index (χ4n) is 1.42. The molecule has 0 radical (unpaired) electrons. The van der Waals surface area contributed by atoms with Crippen molar-refractivity contribution in [2.75, 3.05) is 13.1 Å². The van der Waals surface area contributed by atoms with Gasteiger partial charge in [0.25, 0.3) is 0 Å². The highest BCUT2D eigenvalue weighted by atomic mass is 16.2. The van der Waals surface area contributed by atoms with Gasteiger partial charge in [0.05, 0.1) is 5.54 Å². The van der Waals surface area contributed by atoms with Crippen molar-refractivity contribution < 1.29 is 9.59 Å². The smallest absolute Gasteiger partial charge is 0.242 e. The number of hydrogen-bond donors (Lipinski definition) is 3. The summed E-state index contributed by atoms with van der Waals surface area (Å²) in [5, 5.41) is 8.58. The lowest BCUT2D eigenvalue weighted by Gasteiger charge is -2.26. The van der Waals surface area contributed by atoms with Gasteiger partial charge in [0.1, 0.15) is 6.04 Å². The highest BCUT2D eigenvalue weighted by Crippen LogP contribution is 2.02. The molecule has 0 bridgehead atoms. The first-order valence-electron chi connectivity index (χ1n) is 6.54. The molecule has 0 aromatic carbocycles. The normalized spacial score (nSPS) is 13.3. The van der Waals surface area contributed by atoms with E-state index in [1.54, 1.807) is 20.8 Å². The molecule has 3 N–H and O–H groups in total. The van der Waals surface area contributed by atoms with Crippen LogP contribution in [0.15, 0.2) is 0 Å². The van der Waals surface area contributed by atoms with Gasteiger partial charge < -0.3 is 16.0 Å². The SMILES string of the molecule is CCNC(C)(C)C(=O)NC(C)C(=O)NCC(C)C. The van der Waals surface area contributed by atoms with E-state index in [0.29, 0.717) is 19.0 Å². The van der Waals surface area contributed by atoms with Crippen molar-refractivity contribution in [2.24, 2.45) is 5.92 Å². The summed E-state index contributed by atoms with van der Waals surface area (Å²) in [6, 6.07) is -0.519. The lowest BCUT2D eigenvalue weighted by molar-refractivity contribution is -0.131. The second-order valence-corrected chi connectivity index (χ2v) is 5.49. The minimum atomic E-state index is -0.665. The average molecular weight is 257 g/mol. The van der Waals surface area contributed by atoms with Crippen molar-refractivity contribution in [3.8, 4) is 0 Å². The molecule has 5 heteroatoms. The molecule has 0 heterocycles. The zero-order valence-corrected chi connectivity index (χ0v) is 12.4. The van der Waals surface area contributed by atoms with Crippen molar-refractivity contribution in [1.29, 1.82) is 0 Å². The third kappa shape index (κ3) is 6.00. The van der Waals surface area contributed by atoms with Crippen LogP contribution in [-0.2, 0) is 9.59 Å². The van der Waals surface area contributed by atoms with Crippen LogP contribution in [0.5, 0.6) is 0 Å². The molecule has 0 aliphatic rings. The van der Waals surface area contributed by atoms with Crippen LogP contribution in [-0.4, -0.2) is 36.5 Å². The molecule has 0 aliphatic heterocycles. The molecule has 0 aromatic rings. The molecule has 0 saturated carbocycles. The summed E-state index contributed by atoms with van der Waals surface area (Å²) in [5.74, 6) is 0.0796. The highest BCUT2D eigenvalue weighted by molar-refractivity contribution is 5.91. The van der Waals surface area contributed by atoms with E-state index in [9.17, 15) is 9.59 Å². The third-order valence-corrected chi connectivity index (χ3v) is 2.61. The van der Waals surface area contributed by atoms with Crippen molar-refractivity contribution >= 4 is 11.8 Å². The quantitative estimate of drug-likeness (QED) is 0.627. The Morgan fingerprint density at radius 1 is 1.17 bits per heavy atom. The molecule has 0 spiro atoms. The number of likely N-dealkylation sites (N-methyl/N-ethyl adjacent to an activating group) is 1. The van der Waals surface area contributed by atoms with Gasteiger partial charge in [0.15, 0.2) is 0 Å². The Balaban J connectivity index is 4.26. The van der Waals surface area contributed by atoms with Crippen LogP contribution in [0.25, 0.3) is 0 Å². The second-order valence-electron chi connectivity index (χ2n) is 5.49. The summed E-state index contributed by atoms with van der Waals surface area (Å²) in [7, 11) is 0. The summed E-state index contributed by atoms with van der Waals surface area (Å²) in [5.41, 5.74) is -0.665. The molecule has 18 heavy (non-hydrogen) atoms. The van der Waals surface area contributed by atoms with E-state index in [2.05, 4.69) is 16.0 Å². The molecule has 0 aromatic heterocycles. The predicted octanol–water partition coefficient (Wildman–Crippen LogP) is 0.651. The Hall–Kier alpha value is -1.10. The molecule has 0 rings (SSSR count). The van der Waals surface area contributed by atoms with Gasteiger partial charge in [0.2, 0.25) is 11.8 Å². The lowest BCUT2D eigenvalue weighted by Crippen LogP contribution is -2.57. The topological polar surface area (TPSA) is 70.2 Å². The zero-order chi connectivity index (χ0) is 14.3. The number of carbonyl (C=O) groups excluding carboxylic acids is 2. The molecule has 1 unspecified atom stereocenters. The fraction of sp³-hybridized carbons (Fsp3) is 0.846. The van der Waals surface area contributed by atoms with Crippen LogP contribution in [0.1, 0.15) is 41.5 Å². The number of carbonyl (C=O) groups is 2. The van der Waals surface area contributed by atoms with Crippen molar-refractivity contribution in [2.45, 2.75) is 53.1 Å². The van der Waals surface area contributed by atoms with Gasteiger partial charge in [-0.25, -0.2) is 0 Å². The summed E-state index contributed by atoms with van der Waals surface area (Å²) < 4.78 is 0. The maximum atomic E-state index is 12.0. The molecule has 5 nitrogen and oxygen atoms in total. The summed E-state index contributed by atoms with van der Waals surface area (Å²) in [6.07, 6.45) is 0. The van der Waals surface area contributed by atoms with Gasteiger partial charge in [-0.2, -0.15) is 0 Å². The maximum Gasteiger partial charge on any atom is 0.242 e. The largest absolute Gasteiger partial charge is 0.354 e. The molecule has 1 atom stereocenters. The van der Waals surface area contributed by atoms with Gasteiger partial charge >= 0.3 is 0 Å². The number of hydrogen-bond acceptors (Lipinski definition) is 3. The fourth-order valence-corrected chi connectivity index (χ4v) is 1.42. The minimum absolute atomic E-state index is 0.149. The monoisotopic (exact) mass is 257 g/mol. The summed E-state index contributed by atoms with van der Waals surface area (Å²) >= 11 is 0. The molecule has 0 fully saturated rings. The van der Waals surface area contributed by atoms with Crippen molar-refractivity contribution in [3.63, 3.8) is 0 Å². The van der Waals surface area contributed by atoms with E-state index in [0.717, 1.165) is 0 Å². The first-order valence-corrected chi connectivity index (χ1v) is 6.54. The van der Waals surface area contributed by atoms with E-state index >= 15 is 0 Å². The number of rotatable bonds is 7. The minimum Gasteiger partial charge on any atom is -0.354 e. The van der Waals surface area contributed by atoms with Gasteiger partial charge in [0, 0.05) is 6.54 Å². The Kier molecular flexibility index (Phi) is 6.91. The predicted molar refractivity (Wildman–Crippen MR) is 73.2 cm³/mol. The van der Waals surface area contributed by atoms with Gasteiger partial charge in [-0.15, -0.1) is 0 Å². The van der Waals surface area contributed by atoms with Crippen LogP contribution in [0.4, 0.5) is 0 Å². The Morgan fingerprint density at radius 3 is 2.17 bits per heavy atom. The highest BCUT2D eigenvalue weighted by Gasteiger charge is 2.28. The first kappa shape index (κ1) is 16.9. The Morgan fingerprint density at radius 2 is 1.72 bits per heavy atom. The lowest BCUT2D eigenvalue weighted by atomic mass is 10.0. The van der Waals surface area contributed by atoms with Gasteiger partial charge in [-0.05, 0) is 33.2 Å². The Labute approximate surface area is 110 Å². The molecule has 0 saturated heterocycles. The second kappa shape index (κ2) is 7.36. The van der Waals surface area contributed by atoms with Crippen molar-refractivity contribution in [1.82, 2.24) is 16.0 Å². The van der Waals surface area contributed by atoms with Crippen LogP contribution in [0, 0.1) is 5.92 Å². The standard InChI is InChI=1S/C13H27N3O2/c1-7-15-13(5,6)12(18)16-10(4)11(17)14-8-9(2)3/h9-10,15H,7-8H2,1-6H3,(H,14,17)(H,16,18). The van der Waals surface area contributed by atoms with Crippen LogP contribution in [0.2, 0.25) is 0 Å². The van der Waals surface area contributed by atoms with E-state index in [4.69, 9.17) is 0 Å². The molecular weight excluding hydrogens is 230 g/mol. The van der Waals surface area contributed by atoms with E-state index in [1.807, 2.05) is 20.8 Å². The van der Waals surface area contributed by atoms with E-state index in [1.165, 1.54) is 0 Å². The van der Waals surface area contributed by atoms with E-state index < -0.39 is 11.6 Å². The molecule has 106 valence electrons. The van der Waals surface area contributed by atoms with E-state index in [-0.39, 0.29) is 11.8 Å². The van der Waals surface area contributed by atoms with Gasteiger partial charge in [-0.1, -0.05) is 20.8 Å². The molecule has 0 aliphatic carbocycles. The van der Waals surface area contributed by atoms with Crippen molar-refractivity contribution in [3.05, 3.63) is 0 Å². The van der Waals surface area contributed by atoms with Gasteiger partial charge in [-0.3, -0.25) is 9.59 Å². The molecule has 2 amide bonds. The third-order valence-electron chi connectivity index (χ3n) is 2.61. The first-order chi connectivity index (χ1) is 8.20. The summed E-state index contributed by atoms with van der Waals surface area (Å²) in [6.45, 7) is 12.6. The maximum absolute atomic E-state index is 12.0. The number of amides is 2. The molecular formula is C13H27N3O2. The Bertz CT molecular complexity index is 288.